The zero-order valence-corrected chi connectivity index (χ0v) is 12.2. The van der Waals surface area contributed by atoms with Gasteiger partial charge in [0.1, 0.15) is 17.5 Å². The number of halogens is 4. The monoisotopic (exact) mass is 313 g/mol. The van der Waals surface area contributed by atoms with Crippen molar-refractivity contribution in [1.82, 2.24) is 5.32 Å². The lowest BCUT2D eigenvalue weighted by molar-refractivity contribution is 0.515. The lowest BCUT2D eigenvalue weighted by atomic mass is 9.98. The number of benzene rings is 2. The average Bonchev–Trinajstić information content (AvgIpc) is 2.40. The first-order valence-corrected chi connectivity index (χ1v) is 7.00. The highest BCUT2D eigenvalue weighted by Gasteiger charge is 2.15. The number of hydrogen-bond acceptors (Lipinski definition) is 1. The second kappa shape index (κ2) is 6.96. The van der Waals surface area contributed by atoms with E-state index < -0.39 is 17.5 Å². The van der Waals surface area contributed by atoms with Gasteiger partial charge in [0.15, 0.2) is 0 Å². The molecule has 112 valence electrons. The third-order valence-electron chi connectivity index (χ3n) is 3.18. The molecule has 2 rings (SSSR count). The molecule has 21 heavy (non-hydrogen) atoms. The molecule has 0 fully saturated rings. The second-order valence-electron chi connectivity index (χ2n) is 4.75. The molecule has 0 saturated carbocycles. The molecule has 0 aliphatic heterocycles. The van der Waals surface area contributed by atoms with E-state index >= 15 is 0 Å². The molecule has 1 atom stereocenters. The van der Waals surface area contributed by atoms with Crippen LogP contribution in [0, 0.1) is 17.5 Å². The Balaban J connectivity index is 2.30. The van der Waals surface area contributed by atoms with E-state index in [0.717, 1.165) is 6.07 Å². The molecule has 0 spiro atoms. The van der Waals surface area contributed by atoms with Crippen LogP contribution in [0.4, 0.5) is 13.2 Å². The van der Waals surface area contributed by atoms with Gasteiger partial charge in [-0.05, 0) is 48.4 Å². The zero-order valence-electron chi connectivity index (χ0n) is 11.5. The zero-order chi connectivity index (χ0) is 15.4. The van der Waals surface area contributed by atoms with Crippen LogP contribution in [0.3, 0.4) is 0 Å². The van der Waals surface area contributed by atoms with E-state index in [4.69, 9.17) is 11.6 Å². The Morgan fingerprint density at radius 1 is 1.05 bits per heavy atom. The standard InChI is InChI=1S/C16H15ClF3N/c1-2-21-16(11-5-13(18)9-14(19)6-11)7-10-3-4-12(17)8-15(10)20/h3-6,8-9,16,21H,2,7H2,1H3. The number of nitrogens with one attached hydrogen (secondary N) is 1. The summed E-state index contributed by atoms with van der Waals surface area (Å²) < 4.78 is 40.5. The van der Waals surface area contributed by atoms with Crippen molar-refractivity contribution in [3.63, 3.8) is 0 Å². The maximum Gasteiger partial charge on any atom is 0.127 e. The van der Waals surface area contributed by atoms with Crippen LogP contribution in [0.2, 0.25) is 5.02 Å². The molecule has 0 aliphatic rings. The molecule has 0 heterocycles. The van der Waals surface area contributed by atoms with E-state index in [1.54, 1.807) is 12.1 Å². The van der Waals surface area contributed by atoms with E-state index in [0.29, 0.717) is 22.7 Å². The summed E-state index contributed by atoms with van der Waals surface area (Å²) in [6.45, 7) is 2.47. The molecular formula is C16H15ClF3N. The summed E-state index contributed by atoms with van der Waals surface area (Å²) in [6.07, 6.45) is 0.278. The molecule has 1 N–H and O–H groups in total. The fourth-order valence-electron chi connectivity index (χ4n) is 2.24. The van der Waals surface area contributed by atoms with E-state index in [1.165, 1.54) is 18.2 Å². The van der Waals surface area contributed by atoms with Crippen molar-refractivity contribution in [3.8, 4) is 0 Å². The van der Waals surface area contributed by atoms with Crippen molar-refractivity contribution in [2.45, 2.75) is 19.4 Å². The van der Waals surface area contributed by atoms with Crippen LogP contribution in [0.25, 0.3) is 0 Å². The van der Waals surface area contributed by atoms with Gasteiger partial charge < -0.3 is 5.32 Å². The van der Waals surface area contributed by atoms with Gasteiger partial charge >= 0.3 is 0 Å². The van der Waals surface area contributed by atoms with Gasteiger partial charge in [0.05, 0.1) is 0 Å². The minimum atomic E-state index is -0.649. The second-order valence-corrected chi connectivity index (χ2v) is 5.19. The summed E-state index contributed by atoms with van der Waals surface area (Å²) in [5.74, 6) is -1.73. The van der Waals surface area contributed by atoms with Crippen LogP contribution in [0.5, 0.6) is 0 Å². The van der Waals surface area contributed by atoms with Gasteiger partial charge in [-0.2, -0.15) is 0 Å². The lowest BCUT2D eigenvalue weighted by Crippen LogP contribution is -2.23. The molecule has 1 nitrogen and oxygen atoms in total. The van der Waals surface area contributed by atoms with Crippen molar-refractivity contribution in [1.29, 1.82) is 0 Å². The number of rotatable bonds is 5. The Kier molecular flexibility index (Phi) is 5.26. The number of likely N-dealkylation sites (N-methyl/N-ethyl adjacent to an activating group) is 1. The fourth-order valence-corrected chi connectivity index (χ4v) is 2.40. The predicted molar refractivity (Wildman–Crippen MR) is 77.9 cm³/mol. The van der Waals surface area contributed by atoms with E-state index in [2.05, 4.69) is 5.32 Å². The quantitative estimate of drug-likeness (QED) is 0.847. The van der Waals surface area contributed by atoms with Gasteiger partial charge in [-0.3, -0.25) is 0 Å². The third kappa shape index (κ3) is 4.22. The Morgan fingerprint density at radius 3 is 2.29 bits per heavy atom. The van der Waals surface area contributed by atoms with E-state index in [1.807, 2.05) is 6.92 Å². The van der Waals surface area contributed by atoms with Gasteiger partial charge in [0, 0.05) is 17.1 Å². The molecule has 0 radical (unpaired) electrons. The molecule has 0 amide bonds. The van der Waals surface area contributed by atoms with Crippen molar-refractivity contribution >= 4 is 11.6 Å². The predicted octanol–water partition coefficient (Wildman–Crippen LogP) is 4.65. The summed E-state index contributed by atoms with van der Waals surface area (Å²) in [7, 11) is 0. The minimum Gasteiger partial charge on any atom is -0.310 e. The van der Waals surface area contributed by atoms with Crippen molar-refractivity contribution in [3.05, 3.63) is 70.0 Å². The van der Waals surface area contributed by atoms with Crippen molar-refractivity contribution in [2.75, 3.05) is 6.54 Å². The third-order valence-corrected chi connectivity index (χ3v) is 3.41. The largest absolute Gasteiger partial charge is 0.310 e. The Bertz CT molecular complexity index is 611. The van der Waals surface area contributed by atoms with Crippen LogP contribution >= 0.6 is 11.6 Å². The highest BCUT2D eigenvalue weighted by atomic mass is 35.5. The summed E-state index contributed by atoms with van der Waals surface area (Å²) in [5, 5.41) is 3.42. The lowest BCUT2D eigenvalue weighted by Gasteiger charge is -2.19. The molecular weight excluding hydrogens is 299 g/mol. The number of hydrogen-bond donors (Lipinski definition) is 1. The highest BCUT2D eigenvalue weighted by molar-refractivity contribution is 6.30. The van der Waals surface area contributed by atoms with Crippen molar-refractivity contribution in [2.24, 2.45) is 0 Å². The molecule has 0 saturated heterocycles. The summed E-state index contributed by atoms with van der Waals surface area (Å²) in [4.78, 5) is 0. The molecule has 2 aromatic carbocycles. The van der Waals surface area contributed by atoms with Crippen LogP contribution in [0.1, 0.15) is 24.1 Å². The summed E-state index contributed by atoms with van der Waals surface area (Å²) >= 11 is 5.72. The van der Waals surface area contributed by atoms with Crippen LogP contribution in [-0.2, 0) is 6.42 Å². The molecule has 2 aromatic rings. The topological polar surface area (TPSA) is 12.0 Å². The Hall–Kier alpha value is -1.52. The molecule has 5 heteroatoms. The summed E-state index contributed by atoms with van der Waals surface area (Å²) in [6, 6.07) is 7.35. The van der Waals surface area contributed by atoms with Gasteiger partial charge in [-0.1, -0.05) is 24.6 Å². The molecule has 0 aromatic heterocycles. The normalized spacial score (nSPS) is 12.4. The van der Waals surface area contributed by atoms with Crippen LogP contribution in [0.15, 0.2) is 36.4 Å². The minimum absolute atomic E-state index is 0.278. The smallest absolute Gasteiger partial charge is 0.127 e. The Morgan fingerprint density at radius 2 is 1.71 bits per heavy atom. The first-order chi connectivity index (χ1) is 9.99. The van der Waals surface area contributed by atoms with Crippen molar-refractivity contribution < 1.29 is 13.2 Å². The van der Waals surface area contributed by atoms with Gasteiger partial charge in [-0.25, -0.2) is 13.2 Å². The van der Waals surface area contributed by atoms with Gasteiger partial charge in [0.25, 0.3) is 0 Å². The SMILES string of the molecule is CCNC(Cc1ccc(Cl)cc1F)c1cc(F)cc(F)c1. The molecule has 1 unspecified atom stereocenters. The van der Waals surface area contributed by atoms with Gasteiger partial charge in [-0.15, -0.1) is 0 Å². The molecule has 0 aliphatic carbocycles. The first kappa shape index (κ1) is 15.9. The first-order valence-electron chi connectivity index (χ1n) is 6.63. The fraction of sp³-hybridized carbons (Fsp3) is 0.250. The molecule has 0 bridgehead atoms. The van der Waals surface area contributed by atoms with Crippen LogP contribution in [-0.4, -0.2) is 6.54 Å². The Labute approximate surface area is 126 Å². The highest BCUT2D eigenvalue weighted by Crippen LogP contribution is 2.23. The van der Waals surface area contributed by atoms with E-state index in [9.17, 15) is 13.2 Å². The maximum absolute atomic E-state index is 13.9. The summed E-state index contributed by atoms with van der Waals surface area (Å²) in [5.41, 5.74) is 0.888. The maximum atomic E-state index is 13.9. The average molecular weight is 314 g/mol. The van der Waals surface area contributed by atoms with Crippen LogP contribution < -0.4 is 5.32 Å². The van der Waals surface area contributed by atoms with E-state index in [-0.39, 0.29) is 12.5 Å². The van der Waals surface area contributed by atoms with Gasteiger partial charge in [0.2, 0.25) is 0 Å².